The number of nitrogens with zero attached hydrogens (tertiary/aromatic N) is 3. The molecule has 4 aromatic rings. The van der Waals surface area contributed by atoms with E-state index in [0.717, 1.165) is 59.8 Å². The maximum atomic E-state index is 6.05. The molecule has 2 aromatic heterocycles. The number of aromatic nitrogens is 3. The number of imidazole rings is 1. The van der Waals surface area contributed by atoms with Gasteiger partial charge in [-0.05, 0) is 55.5 Å². The van der Waals surface area contributed by atoms with E-state index in [-0.39, 0.29) is 0 Å². The Labute approximate surface area is 187 Å². The first-order valence-corrected chi connectivity index (χ1v) is 11.1. The highest BCUT2D eigenvalue weighted by molar-refractivity contribution is 5.76. The first-order valence-electron chi connectivity index (χ1n) is 11.1. The molecule has 32 heavy (non-hydrogen) atoms. The van der Waals surface area contributed by atoms with Crippen molar-refractivity contribution in [3.05, 3.63) is 78.6 Å². The highest BCUT2D eigenvalue weighted by Gasteiger charge is 2.19. The maximum absolute atomic E-state index is 6.05. The van der Waals surface area contributed by atoms with Crippen molar-refractivity contribution in [2.75, 3.05) is 10.6 Å². The molecule has 0 saturated heterocycles. The molecule has 2 heterocycles. The zero-order valence-corrected chi connectivity index (χ0v) is 17.9. The van der Waals surface area contributed by atoms with Crippen LogP contribution in [0.4, 0.5) is 17.2 Å². The third kappa shape index (κ3) is 4.84. The van der Waals surface area contributed by atoms with E-state index < -0.39 is 0 Å². The Morgan fingerprint density at radius 2 is 1.78 bits per heavy atom. The first kappa shape index (κ1) is 20.3. The van der Waals surface area contributed by atoms with Crippen LogP contribution in [0.5, 0.6) is 5.75 Å². The smallest absolute Gasteiger partial charge is 0.177 e. The lowest BCUT2D eigenvalue weighted by Crippen LogP contribution is -2.33. The van der Waals surface area contributed by atoms with Gasteiger partial charge in [0.2, 0.25) is 0 Å². The van der Waals surface area contributed by atoms with Gasteiger partial charge in [-0.2, -0.15) is 0 Å². The minimum atomic E-state index is 0.328. The van der Waals surface area contributed by atoms with Crippen LogP contribution >= 0.6 is 0 Å². The summed E-state index contributed by atoms with van der Waals surface area (Å²) >= 11 is 0. The van der Waals surface area contributed by atoms with Crippen molar-refractivity contribution in [1.29, 1.82) is 0 Å². The average Bonchev–Trinajstić information content (AvgIpc) is 3.30. The normalized spacial score (nSPS) is 18.4. The van der Waals surface area contributed by atoms with Crippen LogP contribution in [0.2, 0.25) is 0 Å². The van der Waals surface area contributed by atoms with Crippen molar-refractivity contribution in [1.82, 2.24) is 14.6 Å². The van der Waals surface area contributed by atoms with Crippen molar-refractivity contribution in [3.8, 4) is 5.75 Å². The summed E-state index contributed by atoms with van der Waals surface area (Å²) in [5.74, 6) is 1.67. The molecule has 1 aliphatic carbocycles. The monoisotopic (exact) mass is 428 g/mol. The Morgan fingerprint density at radius 3 is 2.56 bits per heavy atom. The van der Waals surface area contributed by atoms with E-state index in [4.69, 9.17) is 10.5 Å². The summed E-state index contributed by atoms with van der Waals surface area (Å²) in [6.07, 6.45) is 7.86. The lowest BCUT2D eigenvalue weighted by atomic mass is 9.92. The number of anilines is 3. The number of fused-ring (bicyclic) bond motifs is 1. The molecule has 7 heteroatoms. The molecular weight excluding hydrogens is 400 g/mol. The average molecular weight is 429 g/mol. The van der Waals surface area contributed by atoms with Gasteiger partial charge in [-0.25, -0.2) is 9.50 Å². The molecular formula is C25H28N6O. The van der Waals surface area contributed by atoms with E-state index in [9.17, 15) is 0 Å². The SMILES string of the molecule is NC1CCC(Nc2cc(Nc3ccc(OCc4ccccc4)cc3)c3nccn3n2)CC1. The van der Waals surface area contributed by atoms with Crippen LogP contribution in [0, 0.1) is 0 Å². The van der Waals surface area contributed by atoms with E-state index in [1.807, 2.05) is 54.7 Å². The van der Waals surface area contributed by atoms with Gasteiger partial charge in [0, 0.05) is 36.2 Å². The fraction of sp³-hybridized carbons (Fsp3) is 0.280. The molecule has 2 aromatic carbocycles. The number of rotatable bonds is 7. The second-order valence-corrected chi connectivity index (χ2v) is 8.32. The van der Waals surface area contributed by atoms with Gasteiger partial charge in [-0.1, -0.05) is 30.3 Å². The Hall–Kier alpha value is -3.58. The van der Waals surface area contributed by atoms with Crippen LogP contribution in [0.1, 0.15) is 31.2 Å². The van der Waals surface area contributed by atoms with E-state index in [1.54, 1.807) is 10.7 Å². The summed E-state index contributed by atoms with van der Waals surface area (Å²) < 4.78 is 7.70. The number of hydrogen-bond acceptors (Lipinski definition) is 6. The molecule has 5 rings (SSSR count). The van der Waals surface area contributed by atoms with Crippen LogP contribution in [0.3, 0.4) is 0 Å². The number of hydrogen-bond donors (Lipinski definition) is 3. The van der Waals surface area contributed by atoms with Crippen LogP contribution < -0.4 is 21.1 Å². The van der Waals surface area contributed by atoms with E-state index >= 15 is 0 Å². The van der Waals surface area contributed by atoms with Crippen LogP contribution in [0.15, 0.2) is 73.1 Å². The largest absolute Gasteiger partial charge is 0.489 e. The van der Waals surface area contributed by atoms with Crippen molar-refractivity contribution in [3.63, 3.8) is 0 Å². The topological polar surface area (TPSA) is 89.5 Å². The zero-order chi connectivity index (χ0) is 21.8. The molecule has 0 radical (unpaired) electrons. The first-order chi connectivity index (χ1) is 15.7. The lowest BCUT2D eigenvalue weighted by molar-refractivity contribution is 0.306. The lowest BCUT2D eigenvalue weighted by Gasteiger charge is -2.27. The van der Waals surface area contributed by atoms with Crippen molar-refractivity contribution in [2.45, 2.75) is 44.4 Å². The molecule has 0 bridgehead atoms. The maximum Gasteiger partial charge on any atom is 0.177 e. The fourth-order valence-corrected chi connectivity index (χ4v) is 4.08. The van der Waals surface area contributed by atoms with Crippen molar-refractivity contribution >= 4 is 22.8 Å². The molecule has 1 saturated carbocycles. The van der Waals surface area contributed by atoms with Crippen LogP contribution in [0.25, 0.3) is 5.65 Å². The molecule has 0 unspecified atom stereocenters. The second kappa shape index (κ2) is 9.28. The van der Waals surface area contributed by atoms with Gasteiger partial charge in [-0.3, -0.25) is 0 Å². The zero-order valence-electron chi connectivity index (χ0n) is 17.9. The fourth-order valence-electron chi connectivity index (χ4n) is 4.08. The van der Waals surface area contributed by atoms with E-state index in [2.05, 4.69) is 32.8 Å². The Morgan fingerprint density at radius 1 is 1.00 bits per heavy atom. The summed E-state index contributed by atoms with van der Waals surface area (Å²) in [4.78, 5) is 4.46. The van der Waals surface area contributed by atoms with Gasteiger partial charge >= 0.3 is 0 Å². The number of nitrogens with two attached hydrogens (primary N) is 1. The standard InChI is InChI=1S/C25H28N6O/c26-19-6-8-21(9-7-19)29-24-16-23(25-27-14-15-31(25)30-24)28-20-10-12-22(13-11-20)32-17-18-4-2-1-3-5-18/h1-5,10-16,19,21,28H,6-9,17,26H2,(H,29,30). The molecule has 7 nitrogen and oxygen atoms in total. The third-order valence-corrected chi connectivity index (χ3v) is 5.86. The van der Waals surface area contributed by atoms with Gasteiger partial charge in [-0.15, -0.1) is 5.10 Å². The molecule has 0 atom stereocenters. The number of nitrogens with one attached hydrogen (secondary N) is 2. The van der Waals surface area contributed by atoms with Gasteiger partial charge in [0.15, 0.2) is 5.65 Å². The Balaban J connectivity index is 1.28. The minimum absolute atomic E-state index is 0.328. The van der Waals surface area contributed by atoms with E-state index in [0.29, 0.717) is 18.7 Å². The Bertz CT molecular complexity index is 1150. The molecule has 0 aliphatic heterocycles. The Kier molecular flexibility index (Phi) is 5.89. The highest BCUT2D eigenvalue weighted by atomic mass is 16.5. The molecule has 4 N–H and O–H groups in total. The summed E-state index contributed by atoms with van der Waals surface area (Å²) in [5.41, 5.74) is 9.84. The van der Waals surface area contributed by atoms with Crippen molar-refractivity contribution < 1.29 is 4.74 Å². The summed E-state index contributed by atoms with van der Waals surface area (Å²) in [5, 5.41) is 11.7. The van der Waals surface area contributed by atoms with Gasteiger partial charge in [0.1, 0.15) is 18.2 Å². The molecule has 1 aliphatic rings. The third-order valence-electron chi connectivity index (χ3n) is 5.86. The van der Waals surface area contributed by atoms with Gasteiger partial charge in [0.05, 0.1) is 5.69 Å². The molecule has 0 spiro atoms. The number of benzene rings is 2. The molecule has 0 amide bonds. The van der Waals surface area contributed by atoms with Gasteiger partial charge in [0.25, 0.3) is 0 Å². The number of ether oxygens (including phenoxy) is 1. The summed E-state index contributed by atoms with van der Waals surface area (Å²) in [7, 11) is 0. The quantitative estimate of drug-likeness (QED) is 0.394. The van der Waals surface area contributed by atoms with Crippen LogP contribution in [-0.4, -0.2) is 26.7 Å². The highest BCUT2D eigenvalue weighted by Crippen LogP contribution is 2.27. The van der Waals surface area contributed by atoms with Crippen LogP contribution in [-0.2, 0) is 6.61 Å². The minimum Gasteiger partial charge on any atom is -0.489 e. The van der Waals surface area contributed by atoms with Crippen molar-refractivity contribution in [2.24, 2.45) is 5.73 Å². The predicted molar refractivity (Wildman–Crippen MR) is 127 cm³/mol. The summed E-state index contributed by atoms with van der Waals surface area (Å²) in [6, 6.07) is 20.9. The summed E-state index contributed by atoms with van der Waals surface area (Å²) in [6.45, 7) is 0.549. The molecule has 1 fully saturated rings. The molecule has 164 valence electrons. The second-order valence-electron chi connectivity index (χ2n) is 8.32. The van der Waals surface area contributed by atoms with Gasteiger partial charge < -0.3 is 21.1 Å². The van der Waals surface area contributed by atoms with E-state index in [1.165, 1.54) is 0 Å². The predicted octanol–water partition coefficient (Wildman–Crippen LogP) is 4.73.